The molecule has 0 bridgehead atoms. The normalized spacial score (nSPS) is 16.4. The summed E-state index contributed by atoms with van der Waals surface area (Å²) < 4.78 is 10.8. The van der Waals surface area contributed by atoms with E-state index in [4.69, 9.17) is 21.1 Å². The summed E-state index contributed by atoms with van der Waals surface area (Å²) >= 11 is 7.91. The van der Waals surface area contributed by atoms with E-state index in [1.807, 2.05) is 18.2 Å². The van der Waals surface area contributed by atoms with E-state index in [9.17, 15) is 4.79 Å². The van der Waals surface area contributed by atoms with E-state index in [1.54, 1.807) is 32.5 Å². The largest absolute Gasteiger partial charge is 0.493 e. The van der Waals surface area contributed by atoms with Crippen LogP contribution in [0.5, 0.6) is 11.5 Å². The topological polar surface area (TPSA) is 64.5 Å². The van der Waals surface area contributed by atoms with Crippen LogP contribution in [0.4, 0.5) is 5.82 Å². The Kier molecular flexibility index (Phi) is 5.61. The fraction of sp³-hybridized carbons (Fsp3) is 0.381. The quantitative estimate of drug-likeness (QED) is 0.520. The Labute approximate surface area is 178 Å². The minimum atomic E-state index is 0.225. The summed E-state index contributed by atoms with van der Waals surface area (Å²) in [4.78, 5) is 23.8. The lowest BCUT2D eigenvalue weighted by Gasteiger charge is -2.18. The lowest BCUT2D eigenvalue weighted by Crippen LogP contribution is -2.21. The van der Waals surface area contributed by atoms with Gasteiger partial charge in [-0.3, -0.25) is 0 Å². The fourth-order valence-electron chi connectivity index (χ4n) is 3.91. The number of hydrogen-bond donors (Lipinski definition) is 0. The first-order valence-electron chi connectivity index (χ1n) is 9.41. The predicted molar refractivity (Wildman–Crippen MR) is 117 cm³/mol. The van der Waals surface area contributed by atoms with Gasteiger partial charge in [-0.2, -0.15) is 4.98 Å². The Morgan fingerprint density at radius 1 is 1.28 bits per heavy atom. The number of fused-ring (bicyclic) bond motifs is 1. The van der Waals surface area contributed by atoms with Crippen molar-refractivity contribution in [1.29, 1.82) is 0 Å². The predicted octanol–water partition coefficient (Wildman–Crippen LogP) is 4.83. The van der Waals surface area contributed by atoms with Crippen LogP contribution in [-0.4, -0.2) is 43.1 Å². The third-order valence-corrected chi connectivity index (χ3v) is 6.40. The number of Topliss-reactive ketones (excluding diaryl/α,β-unsaturated/α-hetero) is 1. The van der Waals surface area contributed by atoms with Crippen molar-refractivity contribution >= 4 is 45.4 Å². The number of hydrogen-bond acceptors (Lipinski definition) is 7. The average Bonchev–Trinajstić information content (AvgIpc) is 3.33. The number of carbonyl (C=O) groups is 1. The van der Waals surface area contributed by atoms with Gasteiger partial charge in [0.2, 0.25) is 5.28 Å². The van der Waals surface area contributed by atoms with Crippen molar-refractivity contribution in [2.45, 2.75) is 19.8 Å². The van der Waals surface area contributed by atoms with E-state index in [0.717, 1.165) is 46.7 Å². The Hall–Kier alpha value is -2.38. The summed E-state index contributed by atoms with van der Waals surface area (Å²) in [6.07, 6.45) is 1.59. The second kappa shape index (κ2) is 8.16. The minimum absolute atomic E-state index is 0.225. The summed E-state index contributed by atoms with van der Waals surface area (Å²) in [7, 11) is 3.24. The molecule has 0 spiro atoms. The lowest BCUT2D eigenvalue weighted by molar-refractivity contribution is -0.117. The van der Waals surface area contributed by atoms with E-state index < -0.39 is 0 Å². The number of halogens is 1. The van der Waals surface area contributed by atoms with E-state index in [1.165, 1.54) is 0 Å². The molecule has 29 heavy (non-hydrogen) atoms. The average molecular weight is 432 g/mol. The van der Waals surface area contributed by atoms with Crippen molar-refractivity contribution in [1.82, 2.24) is 9.97 Å². The molecule has 2 aromatic heterocycles. The van der Waals surface area contributed by atoms with Gasteiger partial charge in [0.15, 0.2) is 11.5 Å². The first kappa shape index (κ1) is 19.9. The maximum Gasteiger partial charge on any atom is 0.224 e. The second-order valence-corrected chi connectivity index (χ2v) is 8.44. The van der Waals surface area contributed by atoms with E-state index >= 15 is 0 Å². The van der Waals surface area contributed by atoms with Crippen LogP contribution in [0.15, 0.2) is 23.6 Å². The Morgan fingerprint density at radius 2 is 2.07 bits per heavy atom. The zero-order valence-corrected chi connectivity index (χ0v) is 18.1. The Morgan fingerprint density at radius 3 is 2.79 bits per heavy atom. The smallest absolute Gasteiger partial charge is 0.224 e. The number of rotatable bonds is 6. The van der Waals surface area contributed by atoms with Gasteiger partial charge in [0.25, 0.3) is 0 Å². The Bertz CT molecular complexity index is 1070. The standard InChI is InChI=1S/C21H22ClN3O3S/c1-12(26)8-13-6-7-25(10-13)20-15-11-29-19(18(15)23-21(22)24-20)14-4-5-16(27-2)17(9-14)28-3/h4-5,9,11,13H,6-8,10H2,1-3H3/t13-/m0/s1. The van der Waals surface area contributed by atoms with Crippen molar-refractivity contribution in [3.8, 4) is 21.9 Å². The van der Waals surface area contributed by atoms with Crippen LogP contribution < -0.4 is 14.4 Å². The van der Waals surface area contributed by atoms with Crippen LogP contribution in [0.1, 0.15) is 19.8 Å². The molecular formula is C21H22ClN3O3S. The SMILES string of the molecule is COc1ccc(-c2scc3c(N4CC[C@@H](CC(C)=O)C4)nc(Cl)nc23)cc1OC. The number of ketones is 1. The molecule has 1 aliphatic rings. The number of ether oxygens (including phenoxy) is 2. The van der Waals surface area contributed by atoms with Gasteiger partial charge in [-0.15, -0.1) is 11.3 Å². The molecule has 1 saturated heterocycles. The van der Waals surface area contributed by atoms with Crippen molar-refractivity contribution in [3.63, 3.8) is 0 Å². The van der Waals surface area contributed by atoms with Gasteiger partial charge in [0.05, 0.1) is 30.0 Å². The molecule has 0 amide bonds. The number of thiophene rings is 1. The number of aromatic nitrogens is 2. The first-order chi connectivity index (χ1) is 14.0. The van der Waals surface area contributed by atoms with Gasteiger partial charge in [0, 0.05) is 24.9 Å². The van der Waals surface area contributed by atoms with E-state index in [0.29, 0.717) is 23.8 Å². The van der Waals surface area contributed by atoms with Crippen LogP contribution in [0.2, 0.25) is 5.28 Å². The van der Waals surface area contributed by atoms with Crippen LogP contribution in [-0.2, 0) is 4.79 Å². The highest BCUT2D eigenvalue weighted by atomic mass is 35.5. The summed E-state index contributed by atoms with van der Waals surface area (Å²) in [5.41, 5.74) is 1.81. The number of carbonyl (C=O) groups excluding carboxylic acids is 1. The molecule has 1 aliphatic heterocycles. The summed E-state index contributed by atoms with van der Waals surface area (Å²) in [5.74, 6) is 2.78. The lowest BCUT2D eigenvalue weighted by atomic mass is 10.0. The molecule has 0 unspecified atom stereocenters. The van der Waals surface area contributed by atoms with Gasteiger partial charge < -0.3 is 19.2 Å². The zero-order valence-electron chi connectivity index (χ0n) is 16.6. The summed E-state index contributed by atoms with van der Waals surface area (Å²) in [5, 5.41) is 3.28. The maximum absolute atomic E-state index is 11.5. The highest BCUT2D eigenvalue weighted by molar-refractivity contribution is 7.15. The molecule has 3 aromatic rings. The maximum atomic E-state index is 11.5. The number of anilines is 1. The van der Waals surface area contributed by atoms with E-state index in [-0.39, 0.29) is 11.1 Å². The van der Waals surface area contributed by atoms with E-state index in [2.05, 4.69) is 20.2 Å². The van der Waals surface area contributed by atoms with Gasteiger partial charge in [-0.25, -0.2) is 4.98 Å². The Balaban J connectivity index is 1.74. The molecule has 0 aliphatic carbocycles. The molecule has 8 heteroatoms. The van der Waals surface area contributed by atoms with Gasteiger partial charge in [-0.05, 0) is 54.6 Å². The molecule has 0 saturated carbocycles. The highest BCUT2D eigenvalue weighted by Gasteiger charge is 2.27. The zero-order chi connectivity index (χ0) is 20.5. The number of nitrogens with zero attached hydrogens (tertiary/aromatic N) is 3. The molecule has 0 N–H and O–H groups in total. The van der Waals surface area contributed by atoms with Crippen molar-refractivity contribution in [2.24, 2.45) is 5.92 Å². The van der Waals surface area contributed by atoms with Crippen LogP contribution in [0.25, 0.3) is 21.3 Å². The van der Waals surface area contributed by atoms with Crippen LogP contribution in [0.3, 0.4) is 0 Å². The fourth-order valence-corrected chi connectivity index (χ4v) is 5.06. The molecule has 6 nitrogen and oxygen atoms in total. The molecule has 1 fully saturated rings. The molecule has 1 aromatic carbocycles. The monoisotopic (exact) mass is 431 g/mol. The molecule has 152 valence electrons. The molecule has 4 rings (SSSR count). The molecule has 0 radical (unpaired) electrons. The van der Waals surface area contributed by atoms with Gasteiger partial charge in [0.1, 0.15) is 11.6 Å². The summed E-state index contributed by atoms with van der Waals surface area (Å²) in [6, 6.07) is 5.82. The van der Waals surface area contributed by atoms with Crippen molar-refractivity contribution in [2.75, 3.05) is 32.2 Å². The molecule has 3 heterocycles. The second-order valence-electron chi connectivity index (χ2n) is 7.22. The summed E-state index contributed by atoms with van der Waals surface area (Å²) in [6.45, 7) is 3.32. The molecular weight excluding hydrogens is 410 g/mol. The van der Waals surface area contributed by atoms with Crippen LogP contribution in [0, 0.1) is 5.92 Å². The van der Waals surface area contributed by atoms with Crippen molar-refractivity contribution < 1.29 is 14.3 Å². The van der Waals surface area contributed by atoms with Crippen LogP contribution >= 0.6 is 22.9 Å². The molecule has 1 atom stereocenters. The van der Waals surface area contributed by atoms with Gasteiger partial charge in [-0.1, -0.05) is 0 Å². The number of benzene rings is 1. The van der Waals surface area contributed by atoms with Crippen molar-refractivity contribution in [3.05, 3.63) is 28.9 Å². The van der Waals surface area contributed by atoms with Gasteiger partial charge >= 0.3 is 0 Å². The third kappa shape index (κ3) is 3.89. The highest BCUT2D eigenvalue weighted by Crippen LogP contribution is 2.41. The number of methoxy groups -OCH3 is 2. The third-order valence-electron chi connectivity index (χ3n) is 5.22. The first-order valence-corrected chi connectivity index (χ1v) is 10.7. The minimum Gasteiger partial charge on any atom is -0.493 e.